The Labute approximate surface area is 179 Å². The molecule has 2 aliphatic heterocycles. The number of carbonyl (C=O) groups excluding carboxylic acids is 4. The second-order valence-electron chi connectivity index (χ2n) is 7.97. The van der Waals surface area contributed by atoms with Crippen molar-refractivity contribution in [3.05, 3.63) is 18.2 Å². The van der Waals surface area contributed by atoms with E-state index >= 15 is 0 Å². The van der Waals surface area contributed by atoms with Gasteiger partial charge in [0.2, 0.25) is 6.79 Å². The maximum atomic E-state index is 12.6. The second-order valence-corrected chi connectivity index (χ2v) is 7.97. The van der Waals surface area contributed by atoms with Crippen LogP contribution in [0, 0.1) is 0 Å². The van der Waals surface area contributed by atoms with E-state index in [-0.39, 0.29) is 32.1 Å². The fraction of sp³-hybridized carbons (Fsp3) is 0.524. The first-order valence-corrected chi connectivity index (χ1v) is 10.4. The largest absolute Gasteiger partial charge is 0.454 e. The highest BCUT2D eigenvalue weighted by molar-refractivity contribution is 6.07. The summed E-state index contributed by atoms with van der Waals surface area (Å²) in [6.07, 6.45) is 2.40. The van der Waals surface area contributed by atoms with Gasteiger partial charge in [-0.25, -0.2) is 4.79 Å². The maximum absolute atomic E-state index is 12.6. The van der Waals surface area contributed by atoms with Gasteiger partial charge in [0.25, 0.3) is 11.8 Å². The summed E-state index contributed by atoms with van der Waals surface area (Å²) < 4.78 is 15.7. The highest BCUT2D eigenvalue weighted by Gasteiger charge is 2.52. The Morgan fingerprint density at radius 1 is 1.23 bits per heavy atom. The van der Waals surface area contributed by atoms with Gasteiger partial charge in [-0.15, -0.1) is 0 Å². The summed E-state index contributed by atoms with van der Waals surface area (Å²) >= 11 is 0. The number of ether oxygens (including phenoxy) is 3. The fourth-order valence-corrected chi connectivity index (χ4v) is 4.11. The zero-order valence-electron chi connectivity index (χ0n) is 17.3. The van der Waals surface area contributed by atoms with Gasteiger partial charge in [0.1, 0.15) is 5.54 Å². The number of rotatable bonds is 7. The predicted molar refractivity (Wildman–Crippen MR) is 107 cm³/mol. The van der Waals surface area contributed by atoms with Gasteiger partial charge < -0.3 is 24.8 Å². The number of nitrogens with zero attached hydrogens (tertiary/aromatic N) is 1. The standard InChI is InChI=1S/C21H25N3O7/c1-13(18(26)22-14-6-7-15-16(11-14)30-12-29-15)31-17(25)5-4-10-24-19(27)21(23-20(24)28)8-2-3-9-21/h6-7,11,13H,2-5,8-10,12H2,1H3,(H,22,26)(H,23,28)/t13-/m0/s1. The summed E-state index contributed by atoms with van der Waals surface area (Å²) in [5, 5.41) is 5.46. The number of hydrogen-bond donors (Lipinski definition) is 2. The average molecular weight is 431 g/mol. The van der Waals surface area contributed by atoms with Gasteiger partial charge in [-0.2, -0.15) is 0 Å². The average Bonchev–Trinajstić information content (AvgIpc) is 3.44. The van der Waals surface area contributed by atoms with E-state index in [1.54, 1.807) is 18.2 Å². The number of amides is 4. The minimum Gasteiger partial charge on any atom is -0.454 e. The van der Waals surface area contributed by atoms with E-state index in [0.717, 1.165) is 12.8 Å². The molecule has 1 aliphatic carbocycles. The molecule has 2 fully saturated rings. The molecule has 1 atom stereocenters. The topological polar surface area (TPSA) is 123 Å². The molecule has 2 N–H and O–H groups in total. The van der Waals surface area contributed by atoms with E-state index in [2.05, 4.69) is 10.6 Å². The quantitative estimate of drug-likeness (QED) is 0.499. The lowest BCUT2D eigenvalue weighted by Gasteiger charge is -2.20. The van der Waals surface area contributed by atoms with Gasteiger partial charge in [0.15, 0.2) is 17.6 Å². The molecule has 0 aromatic heterocycles. The summed E-state index contributed by atoms with van der Waals surface area (Å²) in [7, 11) is 0. The van der Waals surface area contributed by atoms with Gasteiger partial charge >= 0.3 is 12.0 Å². The lowest BCUT2D eigenvalue weighted by atomic mass is 9.98. The van der Waals surface area contributed by atoms with Crippen LogP contribution in [-0.4, -0.2) is 53.7 Å². The summed E-state index contributed by atoms with van der Waals surface area (Å²) in [4.78, 5) is 50.3. The first-order chi connectivity index (χ1) is 14.9. The van der Waals surface area contributed by atoms with Crippen molar-refractivity contribution in [1.82, 2.24) is 10.2 Å². The molecule has 0 unspecified atom stereocenters. The first-order valence-electron chi connectivity index (χ1n) is 10.4. The Kier molecular flexibility index (Phi) is 5.71. The molecular formula is C21H25N3O7. The van der Waals surface area contributed by atoms with Crippen LogP contribution in [0.25, 0.3) is 0 Å². The van der Waals surface area contributed by atoms with Crippen molar-refractivity contribution in [3.8, 4) is 11.5 Å². The van der Waals surface area contributed by atoms with Crippen molar-refractivity contribution in [1.29, 1.82) is 0 Å². The van der Waals surface area contributed by atoms with Crippen molar-refractivity contribution in [2.24, 2.45) is 0 Å². The molecule has 31 heavy (non-hydrogen) atoms. The molecule has 166 valence electrons. The molecule has 0 radical (unpaired) electrons. The molecule has 10 heteroatoms. The van der Waals surface area contributed by atoms with E-state index in [4.69, 9.17) is 14.2 Å². The smallest absolute Gasteiger partial charge is 0.325 e. The molecule has 2 heterocycles. The number of esters is 1. The number of anilines is 1. The third-order valence-corrected chi connectivity index (χ3v) is 5.78. The molecule has 1 aromatic rings. The number of fused-ring (bicyclic) bond motifs is 1. The molecular weight excluding hydrogens is 406 g/mol. The van der Waals surface area contributed by atoms with Crippen LogP contribution < -0.4 is 20.1 Å². The number of urea groups is 1. The van der Waals surface area contributed by atoms with Gasteiger partial charge in [-0.3, -0.25) is 19.3 Å². The number of hydrogen-bond acceptors (Lipinski definition) is 7. The molecule has 0 bridgehead atoms. The lowest BCUT2D eigenvalue weighted by Crippen LogP contribution is -2.44. The zero-order valence-corrected chi connectivity index (χ0v) is 17.3. The third-order valence-electron chi connectivity index (χ3n) is 5.78. The van der Waals surface area contributed by atoms with E-state index < -0.39 is 29.6 Å². The summed E-state index contributed by atoms with van der Waals surface area (Å²) in [6.45, 7) is 1.74. The van der Waals surface area contributed by atoms with Crippen molar-refractivity contribution < 1.29 is 33.4 Å². The molecule has 1 aromatic carbocycles. The Hall–Kier alpha value is -3.30. The maximum Gasteiger partial charge on any atom is 0.325 e. The van der Waals surface area contributed by atoms with Crippen LogP contribution in [0.5, 0.6) is 11.5 Å². The lowest BCUT2D eigenvalue weighted by molar-refractivity contribution is -0.153. The van der Waals surface area contributed by atoms with E-state index in [9.17, 15) is 19.2 Å². The predicted octanol–water partition coefficient (Wildman–Crippen LogP) is 1.93. The third kappa shape index (κ3) is 4.28. The van der Waals surface area contributed by atoms with Gasteiger partial charge in [0, 0.05) is 24.7 Å². The number of carbonyl (C=O) groups is 4. The molecule has 10 nitrogen and oxygen atoms in total. The van der Waals surface area contributed by atoms with Gasteiger partial charge in [-0.1, -0.05) is 12.8 Å². The molecule has 1 saturated carbocycles. The van der Waals surface area contributed by atoms with Crippen LogP contribution in [0.1, 0.15) is 45.4 Å². The fourth-order valence-electron chi connectivity index (χ4n) is 4.11. The molecule has 1 saturated heterocycles. The highest BCUT2D eigenvalue weighted by atomic mass is 16.7. The summed E-state index contributed by atoms with van der Waals surface area (Å²) in [5.74, 6) is -0.135. The van der Waals surface area contributed by atoms with Crippen LogP contribution in [0.2, 0.25) is 0 Å². The molecule has 3 aliphatic rings. The van der Waals surface area contributed by atoms with Crippen molar-refractivity contribution in [3.63, 3.8) is 0 Å². The normalized spacial score (nSPS) is 19.5. The molecule has 1 spiro atoms. The Bertz CT molecular complexity index is 910. The number of nitrogens with one attached hydrogen (secondary N) is 2. The van der Waals surface area contributed by atoms with Gasteiger partial charge in [0.05, 0.1) is 0 Å². The summed E-state index contributed by atoms with van der Waals surface area (Å²) in [6, 6.07) is 4.57. The van der Waals surface area contributed by atoms with Crippen molar-refractivity contribution >= 4 is 29.5 Å². The van der Waals surface area contributed by atoms with Crippen LogP contribution in [0.15, 0.2) is 18.2 Å². The second kappa shape index (κ2) is 8.44. The van der Waals surface area contributed by atoms with Gasteiger partial charge in [-0.05, 0) is 38.3 Å². The number of imide groups is 1. The molecule has 4 amide bonds. The van der Waals surface area contributed by atoms with Crippen molar-refractivity contribution in [2.45, 2.75) is 57.1 Å². The zero-order chi connectivity index (χ0) is 22.0. The highest BCUT2D eigenvalue weighted by Crippen LogP contribution is 2.35. The summed E-state index contributed by atoms with van der Waals surface area (Å²) in [5.41, 5.74) is -0.254. The number of benzene rings is 1. The Morgan fingerprint density at radius 3 is 2.74 bits per heavy atom. The monoisotopic (exact) mass is 431 g/mol. The minimum atomic E-state index is -1.00. The van der Waals surface area contributed by atoms with E-state index in [1.807, 2.05) is 0 Å². The SMILES string of the molecule is C[C@H](OC(=O)CCCN1C(=O)NC2(CCCC2)C1=O)C(=O)Nc1ccc2c(c1)OCO2. The van der Waals surface area contributed by atoms with Crippen LogP contribution >= 0.6 is 0 Å². The molecule has 4 rings (SSSR count). The Balaban J connectivity index is 1.21. The van der Waals surface area contributed by atoms with Crippen LogP contribution in [0.3, 0.4) is 0 Å². The Morgan fingerprint density at radius 2 is 1.97 bits per heavy atom. The minimum absolute atomic E-state index is 0.00823. The van der Waals surface area contributed by atoms with E-state index in [1.165, 1.54) is 11.8 Å². The van der Waals surface area contributed by atoms with E-state index in [0.29, 0.717) is 30.0 Å². The first kappa shape index (κ1) is 21.0. The van der Waals surface area contributed by atoms with Crippen LogP contribution in [0.4, 0.5) is 10.5 Å². The van der Waals surface area contributed by atoms with Crippen LogP contribution in [-0.2, 0) is 19.1 Å². The van der Waals surface area contributed by atoms with Crippen molar-refractivity contribution in [2.75, 3.05) is 18.7 Å².